The Kier molecular flexibility index (Phi) is 5.45. The van der Waals surface area contributed by atoms with Crippen molar-refractivity contribution in [2.24, 2.45) is 16.8 Å². The van der Waals surface area contributed by atoms with Crippen LogP contribution >= 0.6 is 0 Å². The lowest BCUT2D eigenvalue weighted by molar-refractivity contribution is 0.316. The first kappa shape index (κ1) is 11.2. The average molecular weight is 173 g/mol. The van der Waals surface area contributed by atoms with Crippen LogP contribution in [0.4, 0.5) is 0 Å². The van der Waals surface area contributed by atoms with Gasteiger partial charge in [0.2, 0.25) is 0 Å². The number of nitrogens with one attached hydrogen (secondary N) is 1. The van der Waals surface area contributed by atoms with Crippen molar-refractivity contribution in [2.45, 2.75) is 33.2 Å². The number of nitrogens with zero attached hydrogens (tertiary/aromatic N) is 1. The Bertz CT molecular complexity index is 145. The summed E-state index contributed by atoms with van der Waals surface area (Å²) in [6.45, 7) is 7.19. The highest BCUT2D eigenvalue weighted by molar-refractivity contribution is 5.79. The molecule has 0 rings (SSSR count). The topological polar surface area (TPSA) is 70.6 Å². The molecule has 0 saturated carbocycles. The molecule has 1 atom stereocenters. The van der Waals surface area contributed by atoms with Crippen molar-refractivity contribution in [3.8, 4) is 0 Å². The van der Waals surface area contributed by atoms with Gasteiger partial charge in [-0.15, -0.1) is 0 Å². The summed E-state index contributed by atoms with van der Waals surface area (Å²) in [6.07, 6.45) is 0.591. The molecule has 0 saturated heterocycles. The highest BCUT2D eigenvalue weighted by Gasteiger charge is 2.05. The van der Waals surface area contributed by atoms with Crippen LogP contribution in [0.15, 0.2) is 5.16 Å². The summed E-state index contributed by atoms with van der Waals surface area (Å²) in [4.78, 5) is 0. The predicted molar refractivity (Wildman–Crippen MR) is 50.3 cm³/mol. The molecule has 1 unspecified atom stereocenters. The largest absolute Gasteiger partial charge is 0.409 e. The monoisotopic (exact) mass is 173 g/mol. The van der Waals surface area contributed by atoms with Gasteiger partial charge in [0.05, 0.1) is 0 Å². The van der Waals surface area contributed by atoms with Crippen LogP contribution in [-0.4, -0.2) is 23.6 Å². The number of hydrogen-bond acceptors (Lipinski definition) is 3. The molecule has 0 bridgehead atoms. The van der Waals surface area contributed by atoms with E-state index in [1.807, 2.05) is 0 Å². The fourth-order valence-electron chi connectivity index (χ4n) is 0.714. The van der Waals surface area contributed by atoms with Gasteiger partial charge in [-0.2, -0.15) is 0 Å². The molecule has 0 aliphatic carbocycles. The third kappa shape index (κ3) is 4.96. The van der Waals surface area contributed by atoms with E-state index >= 15 is 0 Å². The summed E-state index contributed by atoms with van der Waals surface area (Å²) < 4.78 is 0. The Labute approximate surface area is 73.8 Å². The predicted octanol–water partition coefficient (Wildman–Crippen LogP) is 0.757. The minimum absolute atomic E-state index is 0.276. The summed E-state index contributed by atoms with van der Waals surface area (Å²) >= 11 is 0. The van der Waals surface area contributed by atoms with E-state index in [4.69, 9.17) is 10.9 Å². The molecule has 4 nitrogen and oxygen atoms in total. The van der Waals surface area contributed by atoms with Gasteiger partial charge in [0.1, 0.15) is 5.84 Å². The molecule has 0 aromatic rings. The van der Waals surface area contributed by atoms with Gasteiger partial charge in [0, 0.05) is 19.0 Å². The SMILES string of the molecule is CC(C)C(C)NCCC(N)=NO. The number of oxime groups is 1. The minimum atomic E-state index is 0.276. The van der Waals surface area contributed by atoms with Crippen LogP contribution in [0.3, 0.4) is 0 Å². The maximum atomic E-state index is 8.24. The van der Waals surface area contributed by atoms with Crippen molar-refractivity contribution in [3.05, 3.63) is 0 Å². The van der Waals surface area contributed by atoms with Crippen LogP contribution in [0.5, 0.6) is 0 Å². The molecule has 4 N–H and O–H groups in total. The van der Waals surface area contributed by atoms with E-state index in [0.717, 1.165) is 6.54 Å². The highest BCUT2D eigenvalue weighted by atomic mass is 16.4. The third-order valence-corrected chi connectivity index (χ3v) is 1.98. The van der Waals surface area contributed by atoms with Crippen LogP contribution in [0.25, 0.3) is 0 Å². The van der Waals surface area contributed by atoms with Crippen molar-refractivity contribution in [3.63, 3.8) is 0 Å². The molecule has 0 aromatic heterocycles. The summed E-state index contributed by atoms with van der Waals surface area (Å²) in [7, 11) is 0. The van der Waals surface area contributed by atoms with Gasteiger partial charge in [-0.05, 0) is 12.8 Å². The van der Waals surface area contributed by atoms with Crippen LogP contribution in [0, 0.1) is 5.92 Å². The van der Waals surface area contributed by atoms with Crippen molar-refractivity contribution in [1.29, 1.82) is 0 Å². The van der Waals surface area contributed by atoms with E-state index in [1.165, 1.54) is 0 Å². The van der Waals surface area contributed by atoms with Gasteiger partial charge in [-0.1, -0.05) is 19.0 Å². The molecular formula is C8H19N3O. The fraction of sp³-hybridized carbons (Fsp3) is 0.875. The van der Waals surface area contributed by atoms with Crippen LogP contribution in [0.2, 0.25) is 0 Å². The summed E-state index contributed by atoms with van der Waals surface area (Å²) in [5.41, 5.74) is 5.30. The van der Waals surface area contributed by atoms with E-state index in [0.29, 0.717) is 18.4 Å². The number of nitrogens with two attached hydrogens (primary N) is 1. The smallest absolute Gasteiger partial charge is 0.140 e. The van der Waals surface area contributed by atoms with E-state index in [-0.39, 0.29) is 5.84 Å². The van der Waals surface area contributed by atoms with Crippen LogP contribution in [-0.2, 0) is 0 Å². The van der Waals surface area contributed by atoms with Crippen molar-refractivity contribution in [1.82, 2.24) is 5.32 Å². The Balaban J connectivity index is 3.43. The zero-order chi connectivity index (χ0) is 9.56. The molecule has 0 fully saturated rings. The van der Waals surface area contributed by atoms with Gasteiger partial charge in [-0.3, -0.25) is 0 Å². The lowest BCUT2D eigenvalue weighted by Crippen LogP contribution is -2.33. The quantitative estimate of drug-likeness (QED) is 0.249. The maximum absolute atomic E-state index is 8.24. The van der Waals surface area contributed by atoms with Crippen molar-refractivity contribution < 1.29 is 5.21 Å². The van der Waals surface area contributed by atoms with E-state index in [1.54, 1.807) is 0 Å². The molecule has 0 aromatic carbocycles. The second-order valence-corrected chi connectivity index (χ2v) is 3.33. The van der Waals surface area contributed by atoms with Gasteiger partial charge >= 0.3 is 0 Å². The van der Waals surface area contributed by atoms with E-state index in [2.05, 4.69) is 31.2 Å². The highest BCUT2D eigenvalue weighted by Crippen LogP contribution is 1.98. The van der Waals surface area contributed by atoms with Gasteiger partial charge in [0.15, 0.2) is 0 Å². The maximum Gasteiger partial charge on any atom is 0.140 e. The van der Waals surface area contributed by atoms with E-state index in [9.17, 15) is 0 Å². The third-order valence-electron chi connectivity index (χ3n) is 1.98. The second-order valence-electron chi connectivity index (χ2n) is 3.33. The lowest BCUT2D eigenvalue weighted by Gasteiger charge is -2.16. The first-order chi connectivity index (χ1) is 5.57. The molecule has 0 aliphatic heterocycles. The van der Waals surface area contributed by atoms with Gasteiger partial charge in [0.25, 0.3) is 0 Å². The number of rotatable bonds is 5. The second kappa shape index (κ2) is 5.83. The zero-order valence-corrected chi connectivity index (χ0v) is 8.04. The molecule has 0 aliphatic rings. The first-order valence-electron chi connectivity index (χ1n) is 4.27. The van der Waals surface area contributed by atoms with Gasteiger partial charge < -0.3 is 16.3 Å². The summed E-state index contributed by atoms with van der Waals surface area (Å²) in [6, 6.07) is 0.469. The first-order valence-corrected chi connectivity index (χ1v) is 4.27. The number of hydrogen-bond donors (Lipinski definition) is 3. The molecule has 12 heavy (non-hydrogen) atoms. The normalized spacial score (nSPS) is 15.2. The minimum Gasteiger partial charge on any atom is -0.409 e. The molecular weight excluding hydrogens is 154 g/mol. The van der Waals surface area contributed by atoms with Crippen LogP contribution in [0.1, 0.15) is 27.2 Å². The van der Waals surface area contributed by atoms with Crippen LogP contribution < -0.4 is 11.1 Å². The summed E-state index contributed by atoms with van der Waals surface area (Å²) in [5.74, 6) is 0.885. The lowest BCUT2D eigenvalue weighted by atomic mass is 10.1. The summed E-state index contributed by atoms with van der Waals surface area (Å²) in [5, 5.41) is 14.4. The van der Waals surface area contributed by atoms with Crippen molar-refractivity contribution in [2.75, 3.05) is 6.54 Å². The van der Waals surface area contributed by atoms with Crippen molar-refractivity contribution >= 4 is 5.84 Å². The number of amidine groups is 1. The fourth-order valence-corrected chi connectivity index (χ4v) is 0.714. The zero-order valence-electron chi connectivity index (χ0n) is 8.04. The Morgan fingerprint density at radius 1 is 1.50 bits per heavy atom. The Morgan fingerprint density at radius 2 is 2.08 bits per heavy atom. The standard InChI is InChI=1S/C8H19N3O/c1-6(2)7(3)10-5-4-8(9)11-12/h6-7,10,12H,4-5H2,1-3H3,(H2,9,11). The van der Waals surface area contributed by atoms with E-state index < -0.39 is 0 Å². The van der Waals surface area contributed by atoms with Gasteiger partial charge in [-0.25, -0.2) is 0 Å². The molecule has 0 spiro atoms. The average Bonchev–Trinajstić information content (AvgIpc) is 2.03. The Morgan fingerprint density at radius 3 is 2.50 bits per heavy atom. The molecule has 4 heteroatoms. The molecule has 72 valence electrons. The molecule has 0 radical (unpaired) electrons. The Hall–Kier alpha value is -0.770. The molecule has 0 amide bonds. The molecule has 0 heterocycles.